The summed E-state index contributed by atoms with van der Waals surface area (Å²) in [5, 5.41) is 22.7. The Labute approximate surface area is 229 Å². The highest BCUT2D eigenvalue weighted by atomic mass is 79.9. The number of aromatic nitrogens is 1. The van der Waals surface area contributed by atoms with E-state index in [1.54, 1.807) is 0 Å². The molecule has 0 amide bonds. The van der Waals surface area contributed by atoms with Crippen LogP contribution in [0.25, 0.3) is 33.5 Å². The van der Waals surface area contributed by atoms with Gasteiger partial charge in [0.1, 0.15) is 17.7 Å². The van der Waals surface area contributed by atoms with E-state index >= 15 is 0 Å². The molecule has 1 heterocycles. The Bertz CT molecular complexity index is 1530. The Morgan fingerprint density at radius 1 is 0.917 bits per heavy atom. The Kier molecular flexibility index (Phi) is 8.31. The maximum Gasteiger partial charge on any atom is 0.137 e. The summed E-state index contributed by atoms with van der Waals surface area (Å²) in [6.07, 6.45) is 6.01. The predicted octanol–water partition coefficient (Wildman–Crippen LogP) is 8.31. The Morgan fingerprint density at radius 2 is 1.58 bits per heavy atom. The van der Waals surface area contributed by atoms with Crippen LogP contribution in [0.15, 0.2) is 76.8 Å². The van der Waals surface area contributed by atoms with Crippen molar-refractivity contribution >= 4 is 71.0 Å². The van der Waals surface area contributed by atoms with Crippen molar-refractivity contribution in [3.63, 3.8) is 0 Å². The number of aryl methyl sites for hydroxylation is 1. The lowest BCUT2D eigenvalue weighted by Gasteiger charge is -2.12. The maximum absolute atomic E-state index is 9.71. The second-order valence-electron chi connectivity index (χ2n) is 8.77. The number of alkyl halides is 1. The molecule has 0 saturated heterocycles. The van der Waals surface area contributed by atoms with Gasteiger partial charge in [0.25, 0.3) is 0 Å². The fraction of sp³-hybridized carbons (Fsp3) is 0.200. The first kappa shape index (κ1) is 25.8. The number of anilines is 1. The zero-order chi connectivity index (χ0) is 25.7. The van der Waals surface area contributed by atoms with Crippen molar-refractivity contribution in [2.75, 3.05) is 24.3 Å². The topological polar surface area (TPSA) is 55.8 Å². The van der Waals surface area contributed by atoms with Crippen LogP contribution >= 0.6 is 31.9 Å². The molecule has 4 rings (SSSR count). The van der Waals surface area contributed by atoms with E-state index in [4.69, 9.17) is 0 Å². The molecule has 0 radical (unpaired) electrons. The molecule has 4 nitrogen and oxygen atoms in total. The van der Waals surface area contributed by atoms with Crippen LogP contribution in [0.5, 0.6) is 0 Å². The quantitative estimate of drug-likeness (QED) is 0.0883. The molecule has 0 N–H and O–H groups in total. The van der Waals surface area contributed by atoms with Crippen LogP contribution in [0.3, 0.4) is 0 Å². The molecule has 0 spiro atoms. The molecule has 4 aromatic rings. The lowest BCUT2D eigenvalue weighted by Crippen LogP contribution is -2.07. The minimum absolute atomic E-state index is 0.0951. The summed E-state index contributed by atoms with van der Waals surface area (Å²) in [6.45, 7) is 0.930. The molecule has 0 fully saturated rings. The van der Waals surface area contributed by atoms with Gasteiger partial charge in [-0.2, -0.15) is 10.5 Å². The van der Waals surface area contributed by atoms with E-state index in [1.807, 2.05) is 61.5 Å². The number of nitrogens with zero attached hydrogens (tertiary/aromatic N) is 4. The largest absolute Gasteiger partial charge is 0.378 e. The predicted molar refractivity (Wildman–Crippen MR) is 158 cm³/mol. The number of benzene rings is 3. The molecular weight excluding hydrogens is 576 g/mol. The third kappa shape index (κ3) is 5.41. The monoisotopic (exact) mass is 600 g/mol. The Balaban J connectivity index is 1.83. The van der Waals surface area contributed by atoms with Crippen molar-refractivity contribution in [1.82, 2.24) is 4.57 Å². The zero-order valence-electron chi connectivity index (χ0n) is 20.3. The molecule has 0 saturated carbocycles. The van der Waals surface area contributed by atoms with Gasteiger partial charge in [-0.05, 0) is 66.4 Å². The number of fused-ring (bicyclic) bond motifs is 3. The first-order valence-electron chi connectivity index (χ1n) is 11.7. The summed E-state index contributed by atoms with van der Waals surface area (Å²) in [6, 6.07) is 24.9. The minimum Gasteiger partial charge on any atom is -0.378 e. The van der Waals surface area contributed by atoms with Gasteiger partial charge in [0.05, 0.1) is 0 Å². The van der Waals surface area contributed by atoms with Crippen LogP contribution in [0, 0.1) is 22.7 Å². The van der Waals surface area contributed by atoms with Gasteiger partial charge in [-0.25, -0.2) is 0 Å². The molecule has 0 unspecified atom stereocenters. The molecule has 36 heavy (non-hydrogen) atoms. The number of hydrogen-bond donors (Lipinski definition) is 0. The lowest BCUT2D eigenvalue weighted by atomic mass is 9.97. The van der Waals surface area contributed by atoms with E-state index in [0.29, 0.717) is 5.57 Å². The molecule has 180 valence electrons. The van der Waals surface area contributed by atoms with Crippen molar-refractivity contribution < 1.29 is 0 Å². The number of nitriles is 2. The van der Waals surface area contributed by atoms with Crippen molar-refractivity contribution in [2.24, 2.45) is 0 Å². The number of rotatable bonds is 8. The van der Waals surface area contributed by atoms with Gasteiger partial charge in [0.15, 0.2) is 0 Å². The number of allylic oxidation sites excluding steroid dienone is 3. The van der Waals surface area contributed by atoms with Gasteiger partial charge in [-0.1, -0.05) is 62.2 Å². The van der Waals surface area contributed by atoms with Crippen LogP contribution in [-0.4, -0.2) is 24.0 Å². The average molecular weight is 602 g/mol. The molecule has 0 aliphatic carbocycles. The van der Waals surface area contributed by atoms with Crippen LogP contribution in [-0.2, 0) is 6.54 Å². The SMILES string of the molecule is CN(C)c1ccc(/C=C/C(=C(C#N)C#N)c2ccc3c(c2)c2cc(Br)ccc2n3CCCCBr)cc1. The van der Waals surface area contributed by atoms with Crippen molar-refractivity contribution in [2.45, 2.75) is 19.4 Å². The van der Waals surface area contributed by atoms with E-state index in [0.717, 1.165) is 62.3 Å². The zero-order valence-corrected chi connectivity index (χ0v) is 23.5. The van der Waals surface area contributed by atoms with Crippen molar-refractivity contribution in [3.05, 3.63) is 87.9 Å². The molecule has 0 atom stereocenters. The standard InChI is InChI=1S/C30H26Br2N4/c1-35(2)25-10-5-21(6-11-25)7-12-26(23(19-33)20-34)22-8-13-29-27(17-22)28-18-24(32)9-14-30(28)36(29)16-4-3-15-31/h5-14,17-18H,3-4,15-16H2,1-2H3/b12-7+. The van der Waals surface area contributed by atoms with Gasteiger partial charge in [-0.3, -0.25) is 0 Å². The highest BCUT2D eigenvalue weighted by molar-refractivity contribution is 9.10. The fourth-order valence-corrected chi connectivity index (χ4v) is 5.14. The molecular formula is C30H26Br2N4. The summed E-state index contributed by atoms with van der Waals surface area (Å²) >= 11 is 7.16. The lowest BCUT2D eigenvalue weighted by molar-refractivity contribution is 0.670. The van der Waals surface area contributed by atoms with Crippen LogP contribution in [0.2, 0.25) is 0 Å². The number of hydrogen-bond acceptors (Lipinski definition) is 3. The van der Waals surface area contributed by atoms with E-state index in [1.165, 1.54) is 5.52 Å². The van der Waals surface area contributed by atoms with Gasteiger partial charge >= 0.3 is 0 Å². The Morgan fingerprint density at radius 3 is 2.22 bits per heavy atom. The average Bonchev–Trinajstić information content (AvgIpc) is 3.19. The third-order valence-corrected chi connectivity index (χ3v) is 7.30. The molecule has 0 aliphatic rings. The summed E-state index contributed by atoms with van der Waals surface area (Å²) in [4.78, 5) is 2.05. The van der Waals surface area contributed by atoms with Gasteiger partial charge in [0, 0.05) is 63.5 Å². The molecule has 3 aromatic carbocycles. The maximum atomic E-state index is 9.71. The smallest absolute Gasteiger partial charge is 0.137 e. The summed E-state index contributed by atoms with van der Waals surface area (Å²) in [5.41, 5.74) is 6.01. The second kappa shape index (κ2) is 11.6. The van der Waals surface area contributed by atoms with Crippen LogP contribution in [0.1, 0.15) is 24.0 Å². The van der Waals surface area contributed by atoms with Crippen LogP contribution in [0.4, 0.5) is 5.69 Å². The van der Waals surface area contributed by atoms with Gasteiger partial charge in [0.2, 0.25) is 0 Å². The molecule has 0 bridgehead atoms. The normalized spacial score (nSPS) is 11.1. The third-order valence-electron chi connectivity index (χ3n) is 6.25. The first-order valence-corrected chi connectivity index (χ1v) is 13.7. The first-order chi connectivity index (χ1) is 17.5. The summed E-state index contributed by atoms with van der Waals surface area (Å²) < 4.78 is 3.39. The Hall–Kier alpha value is -3.32. The van der Waals surface area contributed by atoms with Gasteiger partial charge < -0.3 is 9.47 Å². The van der Waals surface area contributed by atoms with Crippen molar-refractivity contribution in [3.8, 4) is 12.1 Å². The fourth-order valence-electron chi connectivity index (χ4n) is 4.38. The summed E-state index contributed by atoms with van der Waals surface area (Å²) in [7, 11) is 4.01. The molecule has 0 aliphatic heterocycles. The number of unbranched alkanes of at least 4 members (excludes halogenated alkanes) is 1. The minimum atomic E-state index is 0.0951. The van der Waals surface area contributed by atoms with Gasteiger partial charge in [-0.15, -0.1) is 0 Å². The summed E-state index contributed by atoms with van der Waals surface area (Å²) in [5.74, 6) is 0. The highest BCUT2D eigenvalue weighted by Gasteiger charge is 2.14. The van der Waals surface area contributed by atoms with Crippen LogP contribution < -0.4 is 4.90 Å². The second-order valence-corrected chi connectivity index (χ2v) is 10.5. The number of halogens is 2. The van der Waals surface area contributed by atoms with E-state index in [-0.39, 0.29) is 5.57 Å². The molecule has 6 heteroatoms. The van der Waals surface area contributed by atoms with E-state index < -0.39 is 0 Å². The van der Waals surface area contributed by atoms with E-state index in [9.17, 15) is 10.5 Å². The van der Waals surface area contributed by atoms with Crippen molar-refractivity contribution in [1.29, 1.82) is 10.5 Å². The highest BCUT2D eigenvalue weighted by Crippen LogP contribution is 2.34. The molecule has 1 aromatic heterocycles. The van der Waals surface area contributed by atoms with E-state index in [2.05, 4.69) is 78.9 Å².